The SMILES string of the molecule is CCC(=O)N(CC)C(O)C1COC2(CCC(C(C)(C)C)CC2)O1. The molecule has 1 saturated heterocycles. The smallest absolute Gasteiger partial charge is 0.224 e. The molecule has 2 fully saturated rings. The van der Waals surface area contributed by atoms with Crippen molar-refractivity contribution in [2.75, 3.05) is 13.2 Å². The molecule has 1 N–H and O–H groups in total. The number of nitrogens with zero attached hydrogens (tertiary/aromatic N) is 1. The lowest BCUT2D eigenvalue weighted by atomic mass is 9.71. The number of amides is 1. The molecule has 2 unspecified atom stereocenters. The highest BCUT2D eigenvalue weighted by molar-refractivity contribution is 5.76. The van der Waals surface area contributed by atoms with E-state index in [2.05, 4.69) is 20.8 Å². The van der Waals surface area contributed by atoms with E-state index in [-0.39, 0.29) is 5.91 Å². The molecule has 1 saturated carbocycles. The normalized spacial score (nSPS) is 33.0. The Labute approximate surface area is 140 Å². The highest BCUT2D eigenvalue weighted by Crippen LogP contribution is 2.46. The zero-order valence-corrected chi connectivity index (χ0v) is 15.3. The number of aliphatic hydroxyl groups excluding tert-OH is 1. The third kappa shape index (κ3) is 4.06. The molecular weight excluding hydrogens is 294 g/mol. The predicted molar refractivity (Wildman–Crippen MR) is 88.7 cm³/mol. The average Bonchev–Trinajstić information content (AvgIpc) is 2.91. The summed E-state index contributed by atoms with van der Waals surface area (Å²) in [7, 11) is 0. The second kappa shape index (κ2) is 7.08. The maximum absolute atomic E-state index is 11.9. The van der Waals surface area contributed by atoms with Crippen LogP contribution in [0.2, 0.25) is 0 Å². The Morgan fingerprint density at radius 1 is 1.30 bits per heavy atom. The fourth-order valence-corrected chi connectivity index (χ4v) is 3.83. The standard InChI is InChI=1S/C18H33NO4/c1-6-15(20)19(7-2)16(21)14-12-22-18(23-14)10-8-13(9-11-18)17(3,4)5/h13-14,16,21H,6-12H2,1-5H3. The summed E-state index contributed by atoms with van der Waals surface area (Å²) >= 11 is 0. The van der Waals surface area contributed by atoms with Crippen molar-refractivity contribution >= 4 is 5.91 Å². The summed E-state index contributed by atoms with van der Waals surface area (Å²) in [5.41, 5.74) is 0.311. The number of hydrogen-bond acceptors (Lipinski definition) is 4. The summed E-state index contributed by atoms with van der Waals surface area (Å²) in [4.78, 5) is 13.4. The fraction of sp³-hybridized carbons (Fsp3) is 0.944. The first kappa shape index (κ1) is 18.7. The highest BCUT2D eigenvalue weighted by Gasteiger charge is 2.48. The van der Waals surface area contributed by atoms with Crippen molar-refractivity contribution in [2.24, 2.45) is 11.3 Å². The Bertz CT molecular complexity index is 410. The third-order valence-electron chi connectivity index (χ3n) is 5.46. The lowest BCUT2D eigenvalue weighted by molar-refractivity contribution is -0.213. The second-order valence-corrected chi connectivity index (χ2v) is 7.97. The number of carbonyl (C=O) groups is 1. The quantitative estimate of drug-likeness (QED) is 0.807. The maximum atomic E-state index is 11.9. The molecule has 2 rings (SSSR count). The lowest BCUT2D eigenvalue weighted by Gasteiger charge is -2.41. The van der Waals surface area contributed by atoms with Crippen molar-refractivity contribution in [3.63, 3.8) is 0 Å². The Morgan fingerprint density at radius 3 is 2.39 bits per heavy atom. The first-order valence-corrected chi connectivity index (χ1v) is 9.01. The molecule has 0 aromatic heterocycles. The molecule has 23 heavy (non-hydrogen) atoms. The van der Waals surface area contributed by atoms with Gasteiger partial charge in [0.15, 0.2) is 12.0 Å². The number of hydrogen-bond donors (Lipinski definition) is 1. The van der Waals surface area contributed by atoms with Gasteiger partial charge in [-0.2, -0.15) is 0 Å². The van der Waals surface area contributed by atoms with Gasteiger partial charge in [-0.05, 0) is 31.1 Å². The fourth-order valence-electron chi connectivity index (χ4n) is 3.83. The van der Waals surface area contributed by atoms with Crippen LogP contribution in [0.15, 0.2) is 0 Å². The molecular formula is C18H33NO4. The van der Waals surface area contributed by atoms with E-state index in [1.54, 1.807) is 6.92 Å². The zero-order valence-electron chi connectivity index (χ0n) is 15.3. The van der Waals surface area contributed by atoms with Crippen molar-refractivity contribution in [3.8, 4) is 0 Å². The van der Waals surface area contributed by atoms with Gasteiger partial charge in [0.1, 0.15) is 6.10 Å². The molecule has 1 spiro atoms. The Morgan fingerprint density at radius 2 is 1.91 bits per heavy atom. The van der Waals surface area contributed by atoms with E-state index in [1.165, 1.54) is 4.90 Å². The maximum Gasteiger partial charge on any atom is 0.224 e. The topological polar surface area (TPSA) is 59.0 Å². The number of ether oxygens (including phenoxy) is 2. The van der Waals surface area contributed by atoms with Gasteiger partial charge in [0.2, 0.25) is 5.91 Å². The van der Waals surface area contributed by atoms with Crippen LogP contribution in [0.4, 0.5) is 0 Å². The predicted octanol–water partition coefficient (Wildman–Crippen LogP) is 2.91. The molecule has 0 aromatic rings. The van der Waals surface area contributed by atoms with Gasteiger partial charge in [-0.15, -0.1) is 0 Å². The minimum Gasteiger partial charge on any atom is -0.371 e. The van der Waals surface area contributed by atoms with Crippen LogP contribution in [-0.4, -0.2) is 47.2 Å². The van der Waals surface area contributed by atoms with Crippen LogP contribution in [0.25, 0.3) is 0 Å². The van der Waals surface area contributed by atoms with Gasteiger partial charge in [-0.25, -0.2) is 0 Å². The Hall–Kier alpha value is -0.650. The molecule has 0 aromatic carbocycles. The molecule has 0 bridgehead atoms. The number of rotatable bonds is 4. The van der Waals surface area contributed by atoms with Gasteiger partial charge in [0, 0.05) is 25.8 Å². The first-order valence-electron chi connectivity index (χ1n) is 9.01. The molecule has 134 valence electrons. The average molecular weight is 327 g/mol. The van der Waals surface area contributed by atoms with E-state index in [1.807, 2.05) is 6.92 Å². The van der Waals surface area contributed by atoms with Crippen LogP contribution in [0, 0.1) is 11.3 Å². The minimum atomic E-state index is -0.924. The summed E-state index contributed by atoms with van der Waals surface area (Å²) in [6.07, 6.45) is 2.91. The van der Waals surface area contributed by atoms with Crippen LogP contribution in [-0.2, 0) is 14.3 Å². The lowest BCUT2D eigenvalue weighted by Crippen LogP contribution is -2.48. The van der Waals surface area contributed by atoms with Crippen molar-refractivity contribution in [1.29, 1.82) is 0 Å². The van der Waals surface area contributed by atoms with Gasteiger partial charge in [0.25, 0.3) is 0 Å². The minimum absolute atomic E-state index is 0.0546. The van der Waals surface area contributed by atoms with Crippen LogP contribution in [0.1, 0.15) is 66.7 Å². The van der Waals surface area contributed by atoms with E-state index < -0.39 is 18.1 Å². The second-order valence-electron chi connectivity index (χ2n) is 7.97. The summed E-state index contributed by atoms with van der Waals surface area (Å²) in [5.74, 6) is 0.0707. The van der Waals surface area contributed by atoms with Gasteiger partial charge in [-0.3, -0.25) is 4.79 Å². The summed E-state index contributed by atoms with van der Waals surface area (Å²) in [5, 5.41) is 10.5. The largest absolute Gasteiger partial charge is 0.371 e. The van der Waals surface area contributed by atoms with E-state index in [9.17, 15) is 9.90 Å². The molecule has 0 radical (unpaired) electrons. The monoisotopic (exact) mass is 327 g/mol. The number of aliphatic hydroxyl groups is 1. The zero-order chi connectivity index (χ0) is 17.3. The van der Waals surface area contributed by atoms with Crippen LogP contribution >= 0.6 is 0 Å². The van der Waals surface area contributed by atoms with Crippen LogP contribution < -0.4 is 0 Å². The van der Waals surface area contributed by atoms with E-state index in [0.29, 0.717) is 30.9 Å². The van der Waals surface area contributed by atoms with Gasteiger partial charge < -0.3 is 19.5 Å². The van der Waals surface area contributed by atoms with Crippen LogP contribution in [0.5, 0.6) is 0 Å². The molecule has 2 atom stereocenters. The Balaban J connectivity index is 1.95. The highest BCUT2D eigenvalue weighted by atomic mass is 16.7. The number of carbonyl (C=O) groups excluding carboxylic acids is 1. The molecule has 2 aliphatic rings. The van der Waals surface area contributed by atoms with Gasteiger partial charge in [0.05, 0.1) is 6.61 Å². The van der Waals surface area contributed by atoms with Gasteiger partial charge in [-0.1, -0.05) is 27.7 Å². The molecule has 1 aliphatic heterocycles. The molecule has 1 aliphatic carbocycles. The molecule has 5 nitrogen and oxygen atoms in total. The Kier molecular flexibility index (Phi) is 5.75. The first-order chi connectivity index (χ1) is 10.7. The van der Waals surface area contributed by atoms with E-state index >= 15 is 0 Å². The molecule has 5 heteroatoms. The van der Waals surface area contributed by atoms with E-state index in [4.69, 9.17) is 9.47 Å². The summed E-state index contributed by atoms with van der Waals surface area (Å²) in [6, 6.07) is 0. The number of likely N-dealkylation sites (N-methyl/N-ethyl adjacent to an activating group) is 1. The summed E-state index contributed by atoms with van der Waals surface area (Å²) in [6.45, 7) is 11.4. The summed E-state index contributed by atoms with van der Waals surface area (Å²) < 4.78 is 12.1. The van der Waals surface area contributed by atoms with Crippen molar-refractivity contribution in [2.45, 2.75) is 84.8 Å². The van der Waals surface area contributed by atoms with Crippen LogP contribution in [0.3, 0.4) is 0 Å². The van der Waals surface area contributed by atoms with Gasteiger partial charge >= 0.3 is 0 Å². The van der Waals surface area contributed by atoms with Crippen molar-refractivity contribution in [1.82, 2.24) is 4.90 Å². The van der Waals surface area contributed by atoms with E-state index in [0.717, 1.165) is 25.7 Å². The van der Waals surface area contributed by atoms with Crippen molar-refractivity contribution in [3.05, 3.63) is 0 Å². The molecule has 1 amide bonds. The molecule has 1 heterocycles. The van der Waals surface area contributed by atoms with Crippen molar-refractivity contribution < 1.29 is 19.4 Å². The third-order valence-corrected chi connectivity index (χ3v) is 5.46.